The van der Waals surface area contributed by atoms with Gasteiger partial charge in [0.1, 0.15) is 11.3 Å². The van der Waals surface area contributed by atoms with E-state index in [-0.39, 0.29) is 5.97 Å². The average Bonchev–Trinajstić information content (AvgIpc) is 2.51. The zero-order chi connectivity index (χ0) is 15.5. The maximum Gasteiger partial charge on any atom is 0.326 e. The Labute approximate surface area is 126 Å². The first-order chi connectivity index (χ1) is 10.0. The van der Waals surface area contributed by atoms with Crippen LogP contribution < -0.4 is 10.1 Å². The van der Waals surface area contributed by atoms with Gasteiger partial charge >= 0.3 is 5.97 Å². The van der Waals surface area contributed by atoms with Crippen molar-refractivity contribution < 1.29 is 14.3 Å². The molecule has 0 aliphatic heterocycles. The van der Waals surface area contributed by atoms with Gasteiger partial charge < -0.3 is 14.8 Å². The molecule has 4 nitrogen and oxygen atoms in total. The Morgan fingerprint density at radius 3 is 2.71 bits per heavy atom. The van der Waals surface area contributed by atoms with Crippen LogP contribution in [0, 0.1) is 5.92 Å². The second kappa shape index (κ2) is 6.48. The Morgan fingerprint density at radius 2 is 2.10 bits per heavy atom. The summed E-state index contributed by atoms with van der Waals surface area (Å²) in [5.74, 6) is 1.15. The van der Waals surface area contributed by atoms with Gasteiger partial charge in [0.25, 0.3) is 0 Å². The third-order valence-corrected chi connectivity index (χ3v) is 4.15. The number of fused-ring (bicyclic) bond motifs is 1. The summed E-state index contributed by atoms with van der Waals surface area (Å²) >= 11 is 0. The van der Waals surface area contributed by atoms with Crippen molar-refractivity contribution in [1.82, 2.24) is 5.32 Å². The first-order valence-electron chi connectivity index (χ1n) is 7.50. The number of hydrogen-bond donors (Lipinski definition) is 1. The fourth-order valence-corrected chi connectivity index (χ4v) is 2.89. The molecule has 1 aliphatic carbocycles. The molecular weight excluding hydrogens is 266 g/mol. The Hall–Kier alpha value is -1.55. The zero-order valence-electron chi connectivity index (χ0n) is 13.4. The number of esters is 1. The molecule has 0 aromatic heterocycles. The molecule has 1 aromatic carbocycles. The highest BCUT2D eigenvalue weighted by atomic mass is 16.5. The molecule has 21 heavy (non-hydrogen) atoms. The lowest BCUT2D eigenvalue weighted by Crippen LogP contribution is -2.57. The average molecular weight is 291 g/mol. The van der Waals surface area contributed by atoms with Gasteiger partial charge in [-0.05, 0) is 48.6 Å². The molecule has 1 aromatic rings. The summed E-state index contributed by atoms with van der Waals surface area (Å²) in [6, 6.07) is 6.10. The SMILES string of the molecule is COC(=O)C1(NCC(C)C)CCc2ccc(OC)cc2C1. The van der Waals surface area contributed by atoms with Gasteiger partial charge in [0, 0.05) is 6.42 Å². The van der Waals surface area contributed by atoms with Crippen LogP contribution in [-0.2, 0) is 22.4 Å². The molecule has 0 spiro atoms. The monoisotopic (exact) mass is 291 g/mol. The van der Waals surface area contributed by atoms with Gasteiger partial charge in [0.15, 0.2) is 0 Å². The Balaban J connectivity index is 2.28. The van der Waals surface area contributed by atoms with Gasteiger partial charge in [-0.15, -0.1) is 0 Å². The first kappa shape index (κ1) is 15.8. The smallest absolute Gasteiger partial charge is 0.326 e. The summed E-state index contributed by atoms with van der Waals surface area (Å²) < 4.78 is 10.4. The van der Waals surface area contributed by atoms with Crippen LogP contribution in [-0.4, -0.2) is 32.3 Å². The van der Waals surface area contributed by atoms with Gasteiger partial charge in [0.2, 0.25) is 0 Å². The van der Waals surface area contributed by atoms with Crippen molar-refractivity contribution in [2.45, 2.75) is 38.6 Å². The molecule has 1 N–H and O–H groups in total. The normalized spacial score (nSPS) is 21.0. The number of benzene rings is 1. The minimum absolute atomic E-state index is 0.170. The van der Waals surface area contributed by atoms with Crippen molar-refractivity contribution in [1.29, 1.82) is 0 Å². The zero-order valence-corrected chi connectivity index (χ0v) is 13.4. The Bertz CT molecular complexity index is 513. The highest BCUT2D eigenvalue weighted by Gasteiger charge is 2.42. The molecule has 1 aliphatic rings. The van der Waals surface area contributed by atoms with Crippen LogP contribution in [0.1, 0.15) is 31.4 Å². The van der Waals surface area contributed by atoms with Crippen molar-refractivity contribution in [3.05, 3.63) is 29.3 Å². The lowest BCUT2D eigenvalue weighted by molar-refractivity contribution is -0.149. The standard InChI is InChI=1S/C17H25NO3/c1-12(2)11-18-17(16(19)21-4)8-7-13-5-6-15(20-3)9-14(13)10-17/h5-6,9,12,18H,7-8,10-11H2,1-4H3. The van der Waals surface area contributed by atoms with E-state index in [9.17, 15) is 4.79 Å². The van der Waals surface area contributed by atoms with Crippen LogP contribution in [0.25, 0.3) is 0 Å². The van der Waals surface area contributed by atoms with Gasteiger partial charge in [-0.1, -0.05) is 19.9 Å². The van der Waals surface area contributed by atoms with E-state index in [4.69, 9.17) is 9.47 Å². The highest BCUT2D eigenvalue weighted by molar-refractivity contribution is 5.82. The minimum Gasteiger partial charge on any atom is -0.497 e. The number of nitrogens with one attached hydrogen (secondary N) is 1. The molecule has 4 heteroatoms. The lowest BCUT2D eigenvalue weighted by atomic mass is 9.77. The second-order valence-electron chi connectivity index (χ2n) is 6.16. The molecule has 0 radical (unpaired) electrons. The first-order valence-corrected chi connectivity index (χ1v) is 7.50. The molecule has 116 valence electrons. The number of carbonyl (C=O) groups is 1. The summed E-state index contributed by atoms with van der Waals surface area (Å²) in [6.07, 6.45) is 2.30. The second-order valence-corrected chi connectivity index (χ2v) is 6.16. The maximum absolute atomic E-state index is 12.3. The molecule has 0 saturated heterocycles. The molecule has 0 amide bonds. The number of methoxy groups -OCH3 is 2. The predicted octanol–water partition coefficient (Wildman–Crippen LogP) is 2.34. The highest BCUT2D eigenvalue weighted by Crippen LogP contribution is 2.32. The summed E-state index contributed by atoms with van der Waals surface area (Å²) in [7, 11) is 3.12. The fourth-order valence-electron chi connectivity index (χ4n) is 2.89. The maximum atomic E-state index is 12.3. The summed E-state index contributed by atoms with van der Waals surface area (Å²) in [6.45, 7) is 5.07. The Morgan fingerprint density at radius 1 is 1.33 bits per heavy atom. The third-order valence-electron chi connectivity index (χ3n) is 4.15. The van der Waals surface area contributed by atoms with Gasteiger partial charge in [-0.25, -0.2) is 0 Å². The number of carbonyl (C=O) groups excluding carboxylic acids is 1. The van der Waals surface area contributed by atoms with Crippen molar-refractivity contribution in [3.63, 3.8) is 0 Å². The lowest BCUT2D eigenvalue weighted by Gasteiger charge is -2.37. The van der Waals surface area contributed by atoms with Crippen LogP contribution in [0.4, 0.5) is 0 Å². The third kappa shape index (κ3) is 3.38. The van der Waals surface area contributed by atoms with Crippen LogP contribution in [0.5, 0.6) is 5.75 Å². The molecule has 0 heterocycles. The van der Waals surface area contributed by atoms with E-state index in [1.807, 2.05) is 12.1 Å². The summed E-state index contributed by atoms with van der Waals surface area (Å²) in [4.78, 5) is 12.3. The van der Waals surface area contributed by atoms with Crippen molar-refractivity contribution in [3.8, 4) is 5.75 Å². The summed E-state index contributed by atoms with van der Waals surface area (Å²) in [5, 5.41) is 3.45. The molecule has 0 saturated carbocycles. The molecular formula is C17H25NO3. The van der Waals surface area contributed by atoms with E-state index in [1.54, 1.807) is 7.11 Å². The van der Waals surface area contributed by atoms with E-state index >= 15 is 0 Å². The van der Waals surface area contributed by atoms with E-state index in [2.05, 4.69) is 25.2 Å². The van der Waals surface area contributed by atoms with E-state index < -0.39 is 5.54 Å². The van der Waals surface area contributed by atoms with E-state index in [0.717, 1.165) is 25.1 Å². The van der Waals surface area contributed by atoms with Gasteiger partial charge in [0.05, 0.1) is 14.2 Å². The van der Waals surface area contributed by atoms with Crippen molar-refractivity contribution in [2.75, 3.05) is 20.8 Å². The van der Waals surface area contributed by atoms with Crippen LogP contribution in [0.15, 0.2) is 18.2 Å². The van der Waals surface area contributed by atoms with Crippen LogP contribution >= 0.6 is 0 Å². The number of ether oxygens (including phenoxy) is 2. The number of rotatable bonds is 5. The van der Waals surface area contributed by atoms with Crippen molar-refractivity contribution >= 4 is 5.97 Å². The number of hydrogen-bond acceptors (Lipinski definition) is 4. The van der Waals surface area contributed by atoms with E-state index in [0.29, 0.717) is 12.3 Å². The Kier molecular flexibility index (Phi) is 4.88. The topological polar surface area (TPSA) is 47.6 Å². The van der Waals surface area contributed by atoms with Crippen LogP contribution in [0.2, 0.25) is 0 Å². The van der Waals surface area contributed by atoms with E-state index in [1.165, 1.54) is 18.2 Å². The molecule has 0 fully saturated rings. The fraction of sp³-hybridized carbons (Fsp3) is 0.588. The molecule has 2 rings (SSSR count). The molecule has 1 unspecified atom stereocenters. The summed E-state index contributed by atoms with van der Waals surface area (Å²) in [5.41, 5.74) is 1.85. The van der Waals surface area contributed by atoms with Gasteiger partial charge in [-0.2, -0.15) is 0 Å². The number of aryl methyl sites for hydroxylation is 1. The largest absolute Gasteiger partial charge is 0.497 e. The van der Waals surface area contributed by atoms with Crippen molar-refractivity contribution in [2.24, 2.45) is 5.92 Å². The van der Waals surface area contributed by atoms with Gasteiger partial charge in [-0.3, -0.25) is 4.79 Å². The molecule has 1 atom stereocenters. The quantitative estimate of drug-likeness (QED) is 0.846. The van der Waals surface area contributed by atoms with Crippen LogP contribution in [0.3, 0.4) is 0 Å². The predicted molar refractivity (Wildman–Crippen MR) is 82.6 cm³/mol. The minimum atomic E-state index is -0.613. The molecule has 0 bridgehead atoms.